The SMILES string of the molecule is CCOCc1nc(Cl)cc(N2C(C)CCC2CC)n1. The summed E-state index contributed by atoms with van der Waals surface area (Å²) in [5.41, 5.74) is 0. The van der Waals surface area contributed by atoms with Crippen LogP contribution in [0.3, 0.4) is 0 Å². The summed E-state index contributed by atoms with van der Waals surface area (Å²) < 4.78 is 5.37. The molecule has 2 unspecified atom stereocenters. The van der Waals surface area contributed by atoms with E-state index in [1.54, 1.807) is 0 Å². The average molecular weight is 284 g/mol. The van der Waals surface area contributed by atoms with Crippen LogP contribution < -0.4 is 4.90 Å². The van der Waals surface area contributed by atoms with Gasteiger partial charge in [0.2, 0.25) is 0 Å². The van der Waals surface area contributed by atoms with Gasteiger partial charge in [-0.3, -0.25) is 0 Å². The summed E-state index contributed by atoms with van der Waals surface area (Å²) >= 11 is 6.11. The molecular weight excluding hydrogens is 262 g/mol. The molecule has 0 aromatic carbocycles. The number of ether oxygens (including phenoxy) is 1. The Hall–Kier alpha value is -0.870. The summed E-state index contributed by atoms with van der Waals surface area (Å²) in [6.45, 7) is 7.50. The smallest absolute Gasteiger partial charge is 0.158 e. The Morgan fingerprint density at radius 1 is 1.37 bits per heavy atom. The highest BCUT2D eigenvalue weighted by Gasteiger charge is 2.30. The summed E-state index contributed by atoms with van der Waals surface area (Å²) in [7, 11) is 0. The van der Waals surface area contributed by atoms with Crippen molar-refractivity contribution in [2.24, 2.45) is 0 Å². The van der Waals surface area contributed by atoms with Gasteiger partial charge in [0.05, 0.1) is 0 Å². The molecule has 0 N–H and O–H groups in total. The van der Waals surface area contributed by atoms with Crippen LogP contribution in [0.1, 0.15) is 45.9 Å². The molecule has 0 bridgehead atoms. The minimum absolute atomic E-state index is 0.420. The first kappa shape index (κ1) is 14.5. The molecule has 106 valence electrons. The Kier molecular flexibility index (Phi) is 4.99. The lowest BCUT2D eigenvalue weighted by Crippen LogP contribution is -2.35. The number of aromatic nitrogens is 2. The van der Waals surface area contributed by atoms with Crippen molar-refractivity contribution in [3.63, 3.8) is 0 Å². The van der Waals surface area contributed by atoms with E-state index in [0.29, 0.717) is 36.3 Å². The van der Waals surface area contributed by atoms with E-state index in [0.717, 1.165) is 12.2 Å². The van der Waals surface area contributed by atoms with Crippen molar-refractivity contribution in [3.05, 3.63) is 17.0 Å². The van der Waals surface area contributed by atoms with Crippen LogP contribution in [0.5, 0.6) is 0 Å². The summed E-state index contributed by atoms with van der Waals surface area (Å²) in [5.74, 6) is 1.60. The summed E-state index contributed by atoms with van der Waals surface area (Å²) in [6, 6.07) is 2.93. The Morgan fingerprint density at radius 3 is 2.84 bits per heavy atom. The zero-order chi connectivity index (χ0) is 13.8. The van der Waals surface area contributed by atoms with Crippen LogP contribution in [0.4, 0.5) is 5.82 Å². The molecule has 2 rings (SSSR count). The van der Waals surface area contributed by atoms with Crippen molar-refractivity contribution >= 4 is 17.4 Å². The van der Waals surface area contributed by atoms with Crippen molar-refractivity contribution in [1.82, 2.24) is 9.97 Å². The first-order chi connectivity index (χ1) is 9.15. The second-order valence-electron chi connectivity index (χ2n) is 5.00. The molecule has 2 atom stereocenters. The van der Waals surface area contributed by atoms with Crippen molar-refractivity contribution in [1.29, 1.82) is 0 Å². The summed E-state index contributed by atoms with van der Waals surface area (Å²) in [6.07, 6.45) is 3.56. The van der Waals surface area contributed by atoms with E-state index in [1.165, 1.54) is 12.8 Å². The zero-order valence-electron chi connectivity index (χ0n) is 11.9. The van der Waals surface area contributed by atoms with E-state index < -0.39 is 0 Å². The predicted octanol–water partition coefficient (Wildman–Crippen LogP) is 3.43. The molecule has 19 heavy (non-hydrogen) atoms. The highest BCUT2D eigenvalue weighted by molar-refractivity contribution is 6.29. The second kappa shape index (κ2) is 6.53. The second-order valence-corrected chi connectivity index (χ2v) is 5.39. The van der Waals surface area contributed by atoms with E-state index in [2.05, 4.69) is 28.7 Å². The monoisotopic (exact) mass is 283 g/mol. The molecule has 5 heteroatoms. The highest BCUT2D eigenvalue weighted by atomic mass is 35.5. The molecule has 0 aliphatic carbocycles. The summed E-state index contributed by atoms with van der Waals surface area (Å²) in [4.78, 5) is 11.2. The van der Waals surface area contributed by atoms with Gasteiger partial charge in [0.25, 0.3) is 0 Å². The molecule has 1 aliphatic rings. The number of hydrogen-bond donors (Lipinski definition) is 0. The maximum absolute atomic E-state index is 6.11. The topological polar surface area (TPSA) is 38.2 Å². The van der Waals surface area contributed by atoms with E-state index in [9.17, 15) is 0 Å². The maximum Gasteiger partial charge on any atom is 0.158 e. The quantitative estimate of drug-likeness (QED) is 0.776. The van der Waals surface area contributed by atoms with Gasteiger partial charge >= 0.3 is 0 Å². The molecule has 2 heterocycles. The Bertz CT molecular complexity index is 427. The first-order valence-corrected chi connectivity index (χ1v) is 7.43. The van der Waals surface area contributed by atoms with Crippen LogP contribution in [-0.2, 0) is 11.3 Å². The lowest BCUT2D eigenvalue weighted by molar-refractivity contribution is 0.128. The minimum atomic E-state index is 0.420. The van der Waals surface area contributed by atoms with Gasteiger partial charge in [-0.1, -0.05) is 18.5 Å². The standard InChI is InChI=1S/C14H22ClN3O/c1-4-11-7-6-10(3)18(11)14-8-12(15)16-13(17-14)9-19-5-2/h8,10-11H,4-7,9H2,1-3H3. The molecule has 1 aromatic heterocycles. The van der Waals surface area contributed by atoms with Crippen LogP contribution >= 0.6 is 11.6 Å². The molecule has 1 aromatic rings. The van der Waals surface area contributed by atoms with E-state index in [4.69, 9.17) is 16.3 Å². The number of anilines is 1. The molecule has 1 aliphatic heterocycles. The lowest BCUT2D eigenvalue weighted by Gasteiger charge is -2.29. The van der Waals surface area contributed by atoms with Crippen molar-refractivity contribution < 1.29 is 4.74 Å². The third kappa shape index (κ3) is 3.37. The first-order valence-electron chi connectivity index (χ1n) is 7.05. The van der Waals surface area contributed by atoms with E-state index in [1.807, 2.05) is 13.0 Å². The number of hydrogen-bond acceptors (Lipinski definition) is 4. The molecule has 1 saturated heterocycles. The molecule has 0 saturated carbocycles. The molecule has 0 amide bonds. The summed E-state index contributed by atoms with van der Waals surface area (Å²) in [5, 5.41) is 0.494. The van der Waals surface area contributed by atoms with Crippen molar-refractivity contribution in [2.75, 3.05) is 11.5 Å². The van der Waals surface area contributed by atoms with Crippen LogP contribution in [0, 0.1) is 0 Å². The largest absolute Gasteiger partial charge is 0.374 e. The Morgan fingerprint density at radius 2 is 2.16 bits per heavy atom. The third-order valence-corrected chi connectivity index (χ3v) is 3.88. The number of nitrogens with zero attached hydrogens (tertiary/aromatic N) is 3. The average Bonchev–Trinajstić information content (AvgIpc) is 2.77. The Balaban J connectivity index is 2.25. The van der Waals surface area contributed by atoms with Crippen LogP contribution in [0.15, 0.2) is 6.07 Å². The lowest BCUT2D eigenvalue weighted by atomic mass is 10.1. The molecule has 4 nitrogen and oxygen atoms in total. The van der Waals surface area contributed by atoms with Gasteiger partial charge in [0.15, 0.2) is 5.82 Å². The van der Waals surface area contributed by atoms with Gasteiger partial charge in [-0.15, -0.1) is 0 Å². The molecule has 0 radical (unpaired) electrons. The van der Waals surface area contributed by atoms with Crippen LogP contribution in [-0.4, -0.2) is 28.7 Å². The van der Waals surface area contributed by atoms with Gasteiger partial charge in [0.1, 0.15) is 17.6 Å². The fourth-order valence-electron chi connectivity index (χ4n) is 2.73. The van der Waals surface area contributed by atoms with E-state index >= 15 is 0 Å². The molecule has 1 fully saturated rings. The van der Waals surface area contributed by atoms with Gasteiger partial charge in [0, 0.05) is 24.8 Å². The van der Waals surface area contributed by atoms with Gasteiger partial charge < -0.3 is 9.64 Å². The van der Waals surface area contributed by atoms with Gasteiger partial charge in [-0.05, 0) is 33.1 Å². The molecular formula is C14H22ClN3O. The van der Waals surface area contributed by atoms with Gasteiger partial charge in [-0.2, -0.15) is 0 Å². The predicted molar refractivity (Wildman–Crippen MR) is 77.6 cm³/mol. The fraction of sp³-hybridized carbons (Fsp3) is 0.714. The van der Waals surface area contributed by atoms with E-state index in [-0.39, 0.29) is 0 Å². The normalized spacial score (nSPS) is 23.1. The number of rotatable bonds is 5. The van der Waals surface area contributed by atoms with Crippen LogP contribution in [0.25, 0.3) is 0 Å². The van der Waals surface area contributed by atoms with Crippen molar-refractivity contribution in [3.8, 4) is 0 Å². The fourth-order valence-corrected chi connectivity index (χ4v) is 2.92. The molecule has 0 spiro atoms. The van der Waals surface area contributed by atoms with Crippen LogP contribution in [0.2, 0.25) is 5.15 Å². The maximum atomic E-state index is 6.11. The third-order valence-electron chi connectivity index (χ3n) is 3.68. The number of halogens is 1. The highest BCUT2D eigenvalue weighted by Crippen LogP contribution is 2.31. The Labute approximate surface area is 120 Å². The minimum Gasteiger partial charge on any atom is -0.374 e. The zero-order valence-corrected chi connectivity index (χ0v) is 12.7. The van der Waals surface area contributed by atoms with Gasteiger partial charge in [-0.25, -0.2) is 9.97 Å². The van der Waals surface area contributed by atoms with Crippen molar-refractivity contribution in [2.45, 2.75) is 58.7 Å².